The maximum atomic E-state index is 12.2. The summed E-state index contributed by atoms with van der Waals surface area (Å²) in [5.41, 5.74) is -4.17. The van der Waals surface area contributed by atoms with E-state index in [0.717, 1.165) is 0 Å². The Balaban J connectivity index is 3.12. The molecule has 1 rings (SSSR count). The van der Waals surface area contributed by atoms with E-state index in [0.29, 0.717) is 0 Å². The first-order valence-corrected chi connectivity index (χ1v) is 5.10. The van der Waals surface area contributed by atoms with Crippen LogP contribution in [0.3, 0.4) is 0 Å². The van der Waals surface area contributed by atoms with Crippen LogP contribution in [0.5, 0.6) is 5.75 Å². The first-order chi connectivity index (χ1) is 7.33. The van der Waals surface area contributed by atoms with Gasteiger partial charge in [-0.2, -0.15) is 13.2 Å². The minimum absolute atomic E-state index is 0.104. The molecule has 0 unspecified atom stereocenters. The molecule has 0 bridgehead atoms. The van der Waals surface area contributed by atoms with Gasteiger partial charge in [-0.05, 0) is 36.9 Å². The lowest BCUT2D eigenvalue weighted by molar-refractivity contribution is -0.0329. The predicted octanol–water partition coefficient (Wildman–Crippen LogP) is 3.51. The number of ether oxygens (including phenoxy) is 1. The third-order valence-corrected chi connectivity index (χ3v) is 2.57. The van der Waals surface area contributed by atoms with Crippen LogP contribution < -0.4 is 4.74 Å². The number of carbonyl (C=O) groups is 1. The molecule has 2 nitrogen and oxygen atoms in total. The zero-order valence-corrected chi connectivity index (χ0v) is 9.41. The van der Waals surface area contributed by atoms with Gasteiger partial charge in [0.2, 0.25) is 0 Å². The predicted molar refractivity (Wildman–Crippen MR) is 54.9 cm³/mol. The van der Waals surface area contributed by atoms with Crippen molar-refractivity contribution in [1.82, 2.24) is 0 Å². The summed E-state index contributed by atoms with van der Waals surface area (Å²) in [4.78, 5) is 10.9. The van der Waals surface area contributed by atoms with E-state index in [2.05, 4.69) is 0 Å². The van der Waals surface area contributed by atoms with Gasteiger partial charge in [-0.3, -0.25) is 4.79 Å². The average molecular weight is 250 g/mol. The highest BCUT2D eigenvalue weighted by Gasteiger charge is 2.31. The molecule has 0 saturated carbocycles. The third kappa shape index (κ3) is 3.44. The molecule has 0 amide bonds. The van der Waals surface area contributed by atoms with Crippen molar-refractivity contribution in [3.8, 4) is 5.75 Å². The van der Waals surface area contributed by atoms with E-state index in [4.69, 9.17) is 4.74 Å². The van der Waals surface area contributed by atoms with Crippen molar-refractivity contribution < 1.29 is 22.7 Å². The molecule has 1 aromatic rings. The molecule has 0 aliphatic carbocycles. The monoisotopic (exact) mass is 250 g/mol. The van der Waals surface area contributed by atoms with Gasteiger partial charge in [-0.25, -0.2) is 0 Å². The lowest BCUT2D eigenvalue weighted by Crippen LogP contribution is -2.02. The van der Waals surface area contributed by atoms with Crippen LogP contribution in [0.4, 0.5) is 13.2 Å². The summed E-state index contributed by atoms with van der Waals surface area (Å²) in [6.45, 7) is 1.30. The summed E-state index contributed by atoms with van der Waals surface area (Å²) in [7, 11) is 1.28. The third-order valence-electron chi connectivity index (χ3n) is 1.80. The second kappa shape index (κ2) is 4.78. The van der Waals surface area contributed by atoms with Gasteiger partial charge in [0.1, 0.15) is 5.75 Å². The summed E-state index contributed by atoms with van der Waals surface area (Å²) in [6, 6.07) is 3.96. The Morgan fingerprint density at radius 1 is 1.38 bits per heavy atom. The van der Waals surface area contributed by atoms with Crippen LogP contribution in [0.25, 0.3) is 0 Å². The number of thioether (sulfide) groups is 1. The molecule has 0 N–H and O–H groups in total. The summed E-state index contributed by atoms with van der Waals surface area (Å²) in [5.74, 6) is -0.181. The fraction of sp³-hybridized carbons (Fsp3) is 0.300. The maximum Gasteiger partial charge on any atom is 0.446 e. The molecule has 0 aliphatic heterocycles. The first kappa shape index (κ1) is 12.9. The second-order valence-electron chi connectivity index (χ2n) is 2.97. The molecule has 0 atom stereocenters. The lowest BCUT2D eigenvalue weighted by Gasteiger charge is -2.10. The summed E-state index contributed by atoms with van der Waals surface area (Å²) < 4.78 is 41.4. The average Bonchev–Trinajstić information content (AvgIpc) is 2.15. The molecule has 0 saturated heterocycles. The Labute approximate surface area is 94.8 Å². The molecular weight excluding hydrogens is 241 g/mol. The lowest BCUT2D eigenvalue weighted by atomic mass is 10.1. The number of methoxy groups -OCH3 is 1. The van der Waals surface area contributed by atoms with Crippen LogP contribution in [0.15, 0.2) is 23.1 Å². The van der Waals surface area contributed by atoms with Crippen molar-refractivity contribution >= 4 is 17.5 Å². The van der Waals surface area contributed by atoms with Gasteiger partial charge in [-0.1, -0.05) is 0 Å². The Kier molecular flexibility index (Phi) is 3.85. The van der Waals surface area contributed by atoms with Gasteiger partial charge in [0.25, 0.3) is 0 Å². The van der Waals surface area contributed by atoms with E-state index < -0.39 is 5.51 Å². The first-order valence-electron chi connectivity index (χ1n) is 4.28. The van der Waals surface area contributed by atoms with E-state index in [-0.39, 0.29) is 33.8 Å². The molecule has 1 aromatic carbocycles. The van der Waals surface area contributed by atoms with Crippen LogP contribution in [-0.4, -0.2) is 18.4 Å². The number of Topliss-reactive ketones (excluding diaryl/α,β-unsaturated/α-hetero) is 1. The van der Waals surface area contributed by atoms with Gasteiger partial charge in [0, 0.05) is 5.56 Å². The van der Waals surface area contributed by atoms with E-state index in [1.807, 2.05) is 0 Å². The molecule has 0 radical (unpaired) electrons. The fourth-order valence-corrected chi connectivity index (χ4v) is 1.79. The van der Waals surface area contributed by atoms with Gasteiger partial charge >= 0.3 is 5.51 Å². The number of halogens is 3. The molecular formula is C10H9F3O2S. The molecule has 16 heavy (non-hydrogen) atoms. The van der Waals surface area contributed by atoms with Crippen LogP contribution in [-0.2, 0) is 0 Å². The molecule has 88 valence electrons. The normalized spacial score (nSPS) is 11.3. The SMILES string of the molecule is COc1ccc(C(C)=O)cc1SC(F)(F)F. The number of hydrogen-bond donors (Lipinski definition) is 0. The highest BCUT2D eigenvalue weighted by atomic mass is 32.2. The molecule has 6 heteroatoms. The van der Waals surface area contributed by atoms with Crippen LogP contribution in [0, 0.1) is 0 Å². The topological polar surface area (TPSA) is 26.3 Å². The minimum Gasteiger partial charge on any atom is -0.496 e. The Hall–Kier alpha value is -1.17. The summed E-state index contributed by atoms with van der Waals surface area (Å²) in [6.07, 6.45) is 0. The van der Waals surface area contributed by atoms with E-state index >= 15 is 0 Å². The maximum absolute atomic E-state index is 12.2. The smallest absolute Gasteiger partial charge is 0.446 e. The number of ketones is 1. The van der Waals surface area contributed by atoms with Gasteiger partial charge in [0.05, 0.1) is 12.0 Å². The zero-order valence-electron chi connectivity index (χ0n) is 8.59. The van der Waals surface area contributed by atoms with Crippen LogP contribution in [0.1, 0.15) is 17.3 Å². The number of alkyl halides is 3. The summed E-state index contributed by atoms with van der Waals surface area (Å²) in [5, 5.41) is 0. The number of benzene rings is 1. The van der Waals surface area contributed by atoms with E-state index in [9.17, 15) is 18.0 Å². The molecule has 0 aliphatic rings. The Bertz CT molecular complexity index is 402. The Morgan fingerprint density at radius 3 is 2.44 bits per heavy atom. The number of rotatable bonds is 3. The van der Waals surface area contributed by atoms with Crippen LogP contribution in [0.2, 0.25) is 0 Å². The molecule has 0 fully saturated rings. The fourth-order valence-electron chi connectivity index (χ4n) is 1.10. The second-order valence-corrected chi connectivity index (χ2v) is 4.08. The van der Waals surface area contributed by atoms with Crippen molar-refractivity contribution in [1.29, 1.82) is 0 Å². The van der Waals surface area contributed by atoms with Crippen molar-refractivity contribution in [3.63, 3.8) is 0 Å². The largest absolute Gasteiger partial charge is 0.496 e. The van der Waals surface area contributed by atoms with Gasteiger partial charge < -0.3 is 4.74 Å². The standard InChI is InChI=1S/C10H9F3O2S/c1-6(14)7-3-4-8(15-2)9(5-7)16-10(11,12)13/h3-5H,1-2H3. The minimum atomic E-state index is -4.40. The van der Waals surface area contributed by atoms with Crippen molar-refractivity contribution in [3.05, 3.63) is 23.8 Å². The van der Waals surface area contributed by atoms with E-state index in [1.54, 1.807) is 0 Å². The number of carbonyl (C=O) groups excluding carboxylic acids is 1. The zero-order chi connectivity index (χ0) is 12.3. The summed E-state index contributed by atoms with van der Waals surface area (Å²) >= 11 is -0.294. The van der Waals surface area contributed by atoms with Crippen molar-refractivity contribution in [2.45, 2.75) is 17.3 Å². The highest BCUT2D eigenvalue weighted by molar-refractivity contribution is 8.00. The van der Waals surface area contributed by atoms with Crippen LogP contribution >= 0.6 is 11.8 Å². The van der Waals surface area contributed by atoms with Gasteiger partial charge in [0.15, 0.2) is 5.78 Å². The van der Waals surface area contributed by atoms with Crippen molar-refractivity contribution in [2.24, 2.45) is 0 Å². The quantitative estimate of drug-likeness (QED) is 0.606. The van der Waals surface area contributed by atoms with Crippen molar-refractivity contribution in [2.75, 3.05) is 7.11 Å². The Morgan fingerprint density at radius 2 is 2.00 bits per heavy atom. The highest BCUT2D eigenvalue weighted by Crippen LogP contribution is 2.41. The molecule has 0 heterocycles. The number of hydrogen-bond acceptors (Lipinski definition) is 3. The van der Waals surface area contributed by atoms with Gasteiger partial charge in [-0.15, -0.1) is 0 Å². The molecule has 0 aromatic heterocycles. The molecule has 0 spiro atoms. The van der Waals surface area contributed by atoms with E-state index in [1.165, 1.54) is 32.2 Å².